The highest BCUT2D eigenvalue weighted by Crippen LogP contribution is 2.25. The number of hydrogen-bond acceptors (Lipinski definition) is 10. The van der Waals surface area contributed by atoms with Crippen LogP contribution >= 0.6 is 0 Å². The number of rotatable bonds is 20. The van der Waals surface area contributed by atoms with Gasteiger partial charge in [-0.05, 0) is 125 Å². The van der Waals surface area contributed by atoms with Crippen molar-refractivity contribution >= 4 is 30.0 Å². The first-order chi connectivity index (χ1) is 24.0. The van der Waals surface area contributed by atoms with Gasteiger partial charge in [0.15, 0.2) is 0 Å². The fourth-order valence-corrected chi connectivity index (χ4v) is 4.18. The minimum atomic E-state index is -0.558. The number of carbonyl (C=O) groups is 4. The van der Waals surface area contributed by atoms with Crippen molar-refractivity contribution in [2.24, 2.45) is 0 Å². The van der Waals surface area contributed by atoms with E-state index in [4.69, 9.17) is 28.4 Å². The maximum Gasteiger partial charge on any atom is 0.343 e. The number of esters is 4. The molecule has 0 radical (unpaired) electrons. The van der Waals surface area contributed by atoms with Crippen molar-refractivity contribution in [3.63, 3.8) is 0 Å². The highest BCUT2D eigenvalue weighted by Gasteiger charge is 2.12. The number of benzene rings is 3. The quantitative estimate of drug-likeness (QED) is 0.0504. The van der Waals surface area contributed by atoms with Crippen LogP contribution in [0.4, 0.5) is 0 Å². The molecule has 0 aliphatic rings. The summed E-state index contributed by atoms with van der Waals surface area (Å²) in [6.07, 6.45) is 6.75. The number of carbonyl (C=O) groups excluding carboxylic acids is 4. The molecule has 10 heteroatoms. The highest BCUT2D eigenvalue weighted by atomic mass is 16.5. The van der Waals surface area contributed by atoms with E-state index in [9.17, 15) is 19.2 Å². The first kappa shape index (κ1) is 38.8. The van der Waals surface area contributed by atoms with Gasteiger partial charge in [0.05, 0.1) is 32.0 Å². The second-order valence-corrected chi connectivity index (χ2v) is 11.5. The first-order valence-corrected chi connectivity index (χ1v) is 16.4. The second-order valence-electron chi connectivity index (χ2n) is 11.5. The normalized spacial score (nSPS) is 10.6. The summed E-state index contributed by atoms with van der Waals surface area (Å²) in [5, 5.41) is 0. The monoisotopic (exact) mass is 684 g/mol. The van der Waals surface area contributed by atoms with Crippen LogP contribution in [-0.4, -0.2) is 50.3 Å². The summed E-state index contributed by atoms with van der Waals surface area (Å²) in [5.41, 5.74) is 2.52. The van der Waals surface area contributed by atoms with Crippen molar-refractivity contribution in [3.05, 3.63) is 114 Å². The van der Waals surface area contributed by atoms with E-state index in [1.165, 1.54) is 6.08 Å². The van der Waals surface area contributed by atoms with Gasteiger partial charge in [-0.1, -0.05) is 25.3 Å². The molecule has 0 N–H and O–H groups in total. The Morgan fingerprint density at radius 2 is 1.12 bits per heavy atom. The van der Waals surface area contributed by atoms with Crippen LogP contribution < -0.4 is 18.9 Å². The van der Waals surface area contributed by atoms with Crippen molar-refractivity contribution in [1.29, 1.82) is 0 Å². The van der Waals surface area contributed by atoms with Crippen molar-refractivity contribution in [2.45, 2.75) is 52.9 Å². The van der Waals surface area contributed by atoms with Crippen LogP contribution in [0, 0.1) is 6.92 Å². The van der Waals surface area contributed by atoms with E-state index in [-0.39, 0.29) is 5.97 Å². The Morgan fingerprint density at radius 3 is 1.68 bits per heavy atom. The van der Waals surface area contributed by atoms with E-state index in [0.29, 0.717) is 78.1 Å². The maximum atomic E-state index is 12.7. The topological polar surface area (TPSA) is 124 Å². The zero-order valence-electron chi connectivity index (χ0n) is 28.9. The Balaban J connectivity index is 1.37. The molecule has 0 fully saturated rings. The third-order valence-corrected chi connectivity index (χ3v) is 6.98. The summed E-state index contributed by atoms with van der Waals surface area (Å²) in [5.74, 6) is 0.0996. The predicted octanol–water partition coefficient (Wildman–Crippen LogP) is 7.78. The summed E-state index contributed by atoms with van der Waals surface area (Å²) < 4.78 is 32.5. The van der Waals surface area contributed by atoms with Crippen molar-refractivity contribution in [2.75, 3.05) is 26.4 Å². The SMILES string of the molecule is C=C(C)C(=O)OCCCCCOc1ccc(C(=O)Oc2ccc(OC(=O)/C=C/c3ccc(OCCCCOC(=O)C(=C)C)cc3)c(C)c2)cc1. The lowest BCUT2D eigenvalue weighted by Gasteiger charge is -2.10. The van der Waals surface area contributed by atoms with Crippen LogP contribution in [0.1, 0.15) is 67.4 Å². The molecule has 0 spiro atoms. The average molecular weight is 685 g/mol. The summed E-state index contributed by atoms with van der Waals surface area (Å²) in [6.45, 7) is 13.7. The number of ether oxygens (including phenoxy) is 6. The molecule has 0 atom stereocenters. The van der Waals surface area contributed by atoms with E-state index >= 15 is 0 Å². The molecule has 0 heterocycles. The Hall–Kier alpha value is -5.64. The van der Waals surface area contributed by atoms with Gasteiger partial charge < -0.3 is 28.4 Å². The van der Waals surface area contributed by atoms with Crippen LogP contribution in [0.2, 0.25) is 0 Å². The van der Waals surface area contributed by atoms with Gasteiger partial charge in [-0.3, -0.25) is 0 Å². The molecule has 50 heavy (non-hydrogen) atoms. The van der Waals surface area contributed by atoms with Crippen molar-refractivity contribution in [1.82, 2.24) is 0 Å². The summed E-state index contributed by atoms with van der Waals surface area (Å²) >= 11 is 0. The molecular weight excluding hydrogens is 640 g/mol. The zero-order chi connectivity index (χ0) is 36.3. The summed E-state index contributed by atoms with van der Waals surface area (Å²) in [6, 6.07) is 18.6. The van der Waals surface area contributed by atoms with Gasteiger partial charge in [0, 0.05) is 17.2 Å². The van der Waals surface area contributed by atoms with Crippen molar-refractivity contribution in [3.8, 4) is 23.0 Å². The summed E-state index contributed by atoms with van der Waals surface area (Å²) in [7, 11) is 0. The lowest BCUT2D eigenvalue weighted by Crippen LogP contribution is -2.09. The molecule has 264 valence electrons. The van der Waals surface area contributed by atoms with E-state index < -0.39 is 17.9 Å². The van der Waals surface area contributed by atoms with Gasteiger partial charge in [-0.25, -0.2) is 19.2 Å². The molecule has 3 aromatic rings. The minimum Gasteiger partial charge on any atom is -0.494 e. The van der Waals surface area contributed by atoms with Gasteiger partial charge in [-0.15, -0.1) is 0 Å². The van der Waals surface area contributed by atoms with Gasteiger partial charge in [0.25, 0.3) is 0 Å². The second kappa shape index (κ2) is 20.7. The molecule has 0 saturated heterocycles. The molecule has 0 saturated carbocycles. The fourth-order valence-electron chi connectivity index (χ4n) is 4.18. The molecule has 0 amide bonds. The van der Waals surface area contributed by atoms with E-state index in [2.05, 4.69) is 13.2 Å². The fraction of sp³-hybridized carbons (Fsp3) is 0.300. The first-order valence-electron chi connectivity index (χ1n) is 16.4. The van der Waals surface area contributed by atoms with E-state index in [1.54, 1.807) is 81.4 Å². The minimum absolute atomic E-state index is 0.311. The average Bonchev–Trinajstić information content (AvgIpc) is 3.10. The smallest absolute Gasteiger partial charge is 0.343 e. The van der Waals surface area contributed by atoms with Crippen molar-refractivity contribution < 1.29 is 47.6 Å². The molecule has 0 aromatic heterocycles. The third-order valence-electron chi connectivity index (χ3n) is 6.98. The standard InChI is InChI=1S/C40H44O10/c1-28(2)38(42)47-25-8-6-7-23-45-34-18-14-32(15-19-34)40(44)49-35-20-21-36(30(5)27-35)50-37(41)22-13-31-11-16-33(17-12-31)46-24-9-10-26-48-39(43)29(3)4/h11-22,27H,1,3,6-10,23-26H2,2,4-5H3/b22-13+. The molecule has 0 unspecified atom stereocenters. The maximum absolute atomic E-state index is 12.7. The predicted molar refractivity (Wildman–Crippen MR) is 189 cm³/mol. The Kier molecular flexibility index (Phi) is 16.0. The van der Waals surface area contributed by atoms with E-state index in [1.807, 2.05) is 12.1 Å². The van der Waals surface area contributed by atoms with Crippen LogP contribution in [0.25, 0.3) is 6.08 Å². The lowest BCUT2D eigenvalue weighted by molar-refractivity contribution is -0.139. The third kappa shape index (κ3) is 14.2. The zero-order valence-corrected chi connectivity index (χ0v) is 28.9. The molecule has 0 aliphatic carbocycles. The summed E-state index contributed by atoms with van der Waals surface area (Å²) in [4.78, 5) is 47.9. The van der Waals surface area contributed by atoms with Gasteiger partial charge in [-0.2, -0.15) is 0 Å². The van der Waals surface area contributed by atoms with Gasteiger partial charge in [0.1, 0.15) is 23.0 Å². The Morgan fingerprint density at radius 1 is 0.620 bits per heavy atom. The molecule has 0 aliphatic heterocycles. The molecule has 0 bridgehead atoms. The number of hydrogen-bond donors (Lipinski definition) is 0. The van der Waals surface area contributed by atoms with Crippen LogP contribution in [0.5, 0.6) is 23.0 Å². The Bertz CT molecular complexity index is 1650. The Labute approximate surface area is 293 Å². The highest BCUT2D eigenvalue weighted by molar-refractivity contribution is 5.91. The van der Waals surface area contributed by atoms with E-state index in [0.717, 1.165) is 31.2 Å². The molecular formula is C40H44O10. The molecule has 10 nitrogen and oxygen atoms in total. The van der Waals surface area contributed by atoms with Crippen LogP contribution in [-0.2, 0) is 23.9 Å². The van der Waals surface area contributed by atoms with Crippen LogP contribution in [0.3, 0.4) is 0 Å². The van der Waals surface area contributed by atoms with Gasteiger partial charge in [0.2, 0.25) is 0 Å². The number of aryl methyl sites for hydroxylation is 1. The van der Waals surface area contributed by atoms with Crippen LogP contribution in [0.15, 0.2) is 97.1 Å². The molecule has 3 rings (SSSR count). The molecule has 3 aromatic carbocycles. The number of unbranched alkanes of at least 4 members (excludes halogenated alkanes) is 3. The van der Waals surface area contributed by atoms with Gasteiger partial charge >= 0.3 is 23.9 Å². The lowest BCUT2D eigenvalue weighted by atomic mass is 10.2. The largest absolute Gasteiger partial charge is 0.494 e.